The molecule has 1 fully saturated rings. The van der Waals surface area contributed by atoms with Gasteiger partial charge in [0.2, 0.25) is 0 Å². The van der Waals surface area contributed by atoms with Crippen molar-refractivity contribution in [2.75, 3.05) is 0 Å². The second kappa shape index (κ2) is 2.16. The zero-order valence-electron chi connectivity index (χ0n) is 6.06. The average molecular weight is 155 g/mol. The largest absolute Gasteiger partial charge is 0.238 e. The molecule has 0 bridgehead atoms. The molecular weight excluding hydrogens is 146 g/mol. The first-order chi connectivity index (χ1) is 5.21. The Kier molecular flexibility index (Phi) is 1.38. The molecule has 0 N–H and O–H groups in total. The first-order valence-electron chi connectivity index (χ1n) is 3.80. The number of alkyl halides is 1. The molecule has 1 atom stereocenters. The van der Waals surface area contributed by atoms with Crippen molar-refractivity contribution in [2.45, 2.75) is 18.5 Å². The van der Waals surface area contributed by atoms with Gasteiger partial charge in [-0.15, -0.1) is 0 Å². The van der Waals surface area contributed by atoms with Gasteiger partial charge in [-0.3, -0.25) is 0 Å². The molecule has 0 aromatic carbocycles. The van der Waals surface area contributed by atoms with Gasteiger partial charge in [0, 0.05) is 6.42 Å². The van der Waals surface area contributed by atoms with E-state index in [9.17, 15) is 8.78 Å². The molecule has 0 heterocycles. The van der Waals surface area contributed by atoms with Crippen molar-refractivity contribution in [2.24, 2.45) is 5.92 Å². The molecule has 2 aliphatic carbocycles. The van der Waals surface area contributed by atoms with E-state index in [1.165, 1.54) is 24.6 Å². The Morgan fingerprint density at radius 1 is 1.45 bits per heavy atom. The lowest BCUT2D eigenvalue weighted by atomic mass is 9.92. The smallest absolute Gasteiger partial charge is 0.139 e. The van der Waals surface area contributed by atoms with E-state index in [0.717, 1.165) is 12.8 Å². The summed E-state index contributed by atoms with van der Waals surface area (Å²) in [5.74, 6) is -0.262. The quantitative estimate of drug-likeness (QED) is 0.546. The van der Waals surface area contributed by atoms with Gasteiger partial charge in [0.15, 0.2) is 0 Å². The molecule has 0 aliphatic heterocycles. The maximum atomic E-state index is 13.6. The molecule has 0 spiro atoms. The van der Waals surface area contributed by atoms with Gasteiger partial charge in [-0.25, -0.2) is 8.78 Å². The monoisotopic (exact) mass is 155 g/mol. The van der Waals surface area contributed by atoms with E-state index in [4.69, 9.17) is 0 Å². The van der Waals surface area contributed by atoms with Crippen molar-refractivity contribution in [3.63, 3.8) is 0 Å². The molecule has 11 heavy (non-hydrogen) atoms. The molecule has 0 amide bonds. The second-order valence-corrected chi connectivity index (χ2v) is 3.15. The first kappa shape index (κ1) is 7.01. The third-order valence-corrected chi connectivity index (χ3v) is 2.20. The molecule has 2 heteroatoms. The summed E-state index contributed by atoms with van der Waals surface area (Å²) in [5.41, 5.74) is -1.35. The molecule has 1 saturated carbocycles. The summed E-state index contributed by atoms with van der Waals surface area (Å²) in [6.45, 7) is 0. The van der Waals surface area contributed by atoms with E-state index in [1.807, 2.05) is 0 Å². The molecule has 0 saturated heterocycles. The fourth-order valence-electron chi connectivity index (χ4n) is 1.32. The highest BCUT2D eigenvalue weighted by Crippen LogP contribution is 2.46. The van der Waals surface area contributed by atoms with E-state index >= 15 is 0 Å². The van der Waals surface area contributed by atoms with Gasteiger partial charge in [0.25, 0.3) is 0 Å². The van der Waals surface area contributed by atoms with Crippen molar-refractivity contribution in [1.82, 2.24) is 0 Å². The lowest BCUT2D eigenvalue weighted by Gasteiger charge is -2.21. The molecule has 59 valence electrons. The second-order valence-electron chi connectivity index (χ2n) is 3.15. The Bertz CT molecular complexity index is 226. The van der Waals surface area contributed by atoms with Crippen LogP contribution in [-0.2, 0) is 0 Å². The van der Waals surface area contributed by atoms with Crippen LogP contribution in [0.1, 0.15) is 12.8 Å². The number of rotatable bonds is 1. The summed E-state index contributed by atoms with van der Waals surface area (Å²) in [6, 6.07) is 0. The van der Waals surface area contributed by atoms with Crippen LogP contribution in [0.25, 0.3) is 0 Å². The number of hydrogen-bond donors (Lipinski definition) is 0. The molecule has 1 radical (unpaired) electrons. The lowest BCUT2D eigenvalue weighted by Crippen LogP contribution is -2.24. The minimum absolute atomic E-state index is 0.100. The highest BCUT2D eigenvalue weighted by Gasteiger charge is 2.44. The lowest BCUT2D eigenvalue weighted by molar-refractivity contribution is 0.241. The van der Waals surface area contributed by atoms with Crippen molar-refractivity contribution >= 4 is 0 Å². The third kappa shape index (κ3) is 1.22. The zero-order chi connectivity index (χ0) is 7.90. The fourth-order valence-corrected chi connectivity index (χ4v) is 1.32. The van der Waals surface area contributed by atoms with Crippen LogP contribution in [0.4, 0.5) is 8.78 Å². The van der Waals surface area contributed by atoms with Crippen LogP contribution in [0.15, 0.2) is 24.1 Å². The van der Waals surface area contributed by atoms with E-state index in [-0.39, 0.29) is 11.7 Å². The highest BCUT2D eigenvalue weighted by molar-refractivity contribution is 5.33. The van der Waals surface area contributed by atoms with Crippen molar-refractivity contribution in [1.29, 1.82) is 0 Å². The predicted molar refractivity (Wildman–Crippen MR) is 39.2 cm³/mol. The average Bonchev–Trinajstić information content (AvgIpc) is 2.77. The van der Waals surface area contributed by atoms with Crippen LogP contribution in [0.5, 0.6) is 0 Å². The first-order valence-corrected chi connectivity index (χ1v) is 3.80. The number of hydrogen-bond acceptors (Lipinski definition) is 0. The van der Waals surface area contributed by atoms with Crippen LogP contribution in [0.2, 0.25) is 0 Å². The van der Waals surface area contributed by atoms with Crippen molar-refractivity contribution in [3.8, 4) is 0 Å². The Labute approximate surface area is 64.6 Å². The summed E-state index contributed by atoms with van der Waals surface area (Å²) in [6.07, 6.45) is 6.90. The standard InChI is InChI=1S/C9H9F2/c10-8-3-5-9(11,6-4-8)7-1-2-7/h3-7H,1-2H2. The van der Waals surface area contributed by atoms with Gasteiger partial charge < -0.3 is 0 Å². The Morgan fingerprint density at radius 2 is 2.18 bits per heavy atom. The molecule has 2 rings (SSSR count). The summed E-state index contributed by atoms with van der Waals surface area (Å²) in [7, 11) is 0. The number of allylic oxidation sites excluding steroid dienone is 4. The summed E-state index contributed by atoms with van der Waals surface area (Å²) >= 11 is 0. The maximum Gasteiger partial charge on any atom is 0.139 e. The maximum absolute atomic E-state index is 13.6. The van der Waals surface area contributed by atoms with Crippen LogP contribution in [0, 0.1) is 12.3 Å². The minimum Gasteiger partial charge on any atom is -0.238 e. The SMILES string of the molecule is FC1=C[CH]C(F)(C2CC2)C=C1. The van der Waals surface area contributed by atoms with E-state index in [2.05, 4.69) is 0 Å². The van der Waals surface area contributed by atoms with Crippen molar-refractivity contribution < 1.29 is 8.78 Å². The fraction of sp³-hybridized carbons (Fsp3) is 0.444. The van der Waals surface area contributed by atoms with E-state index in [0.29, 0.717) is 0 Å². The van der Waals surface area contributed by atoms with Crippen LogP contribution < -0.4 is 0 Å². The van der Waals surface area contributed by atoms with Gasteiger partial charge in [-0.05, 0) is 37.0 Å². The Hall–Kier alpha value is -0.660. The predicted octanol–water partition coefficient (Wildman–Crippen LogP) is 2.73. The third-order valence-electron chi connectivity index (χ3n) is 2.20. The summed E-state index contributed by atoms with van der Waals surface area (Å²) in [4.78, 5) is 0. The van der Waals surface area contributed by atoms with Crippen LogP contribution in [0.3, 0.4) is 0 Å². The molecule has 0 aromatic rings. The van der Waals surface area contributed by atoms with Crippen molar-refractivity contribution in [3.05, 3.63) is 30.5 Å². The Balaban J connectivity index is 2.13. The van der Waals surface area contributed by atoms with Crippen LogP contribution >= 0.6 is 0 Å². The molecule has 0 aromatic heterocycles. The number of halogens is 2. The van der Waals surface area contributed by atoms with Gasteiger partial charge >= 0.3 is 0 Å². The van der Waals surface area contributed by atoms with Gasteiger partial charge in [0.05, 0.1) is 0 Å². The highest BCUT2D eigenvalue weighted by atomic mass is 19.1. The molecular formula is C9H9F2. The molecule has 1 unspecified atom stereocenters. The molecule has 2 aliphatic rings. The topological polar surface area (TPSA) is 0 Å². The van der Waals surface area contributed by atoms with E-state index < -0.39 is 5.67 Å². The van der Waals surface area contributed by atoms with Gasteiger partial charge in [-0.1, -0.05) is 0 Å². The Morgan fingerprint density at radius 3 is 2.64 bits per heavy atom. The molecule has 0 nitrogen and oxygen atoms in total. The van der Waals surface area contributed by atoms with E-state index in [1.54, 1.807) is 0 Å². The summed E-state index contributed by atoms with van der Waals surface area (Å²) in [5, 5.41) is 0. The zero-order valence-corrected chi connectivity index (χ0v) is 6.06. The van der Waals surface area contributed by atoms with Gasteiger partial charge in [-0.2, -0.15) is 0 Å². The van der Waals surface area contributed by atoms with Crippen LogP contribution in [-0.4, -0.2) is 5.67 Å². The van der Waals surface area contributed by atoms with Gasteiger partial charge in [0.1, 0.15) is 11.5 Å². The summed E-state index contributed by atoms with van der Waals surface area (Å²) < 4.78 is 26.0. The normalized spacial score (nSPS) is 37.1. The minimum atomic E-state index is -1.35.